The van der Waals surface area contributed by atoms with Gasteiger partial charge >= 0.3 is 0 Å². The standard InChI is InChI=1S/C24H28ClNO4S2/c1-2-3-4-5-18-21(27)22(28)23(29)24(30-18)14-6-7-17(25)16(10-14)11-20-26-12-19(32-20)15-8-9-31-13-15/h6-10,12-13,18,21-24,27-29H,2-5,11H2,1H3/t18-,21-,22-,23-,24+/m1/s1. The minimum Gasteiger partial charge on any atom is -0.388 e. The van der Waals surface area contributed by atoms with Gasteiger partial charge in [-0.25, -0.2) is 4.98 Å². The fourth-order valence-electron chi connectivity index (χ4n) is 4.06. The summed E-state index contributed by atoms with van der Waals surface area (Å²) in [5, 5.41) is 37.2. The first kappa shape index (κ1) is 23.8. The summed E-state index contributed by atoms with van der Waals surface area (Å²) >= 11 is 9.77. The van der Waals surface area contributed by atoms with Gasteiger partial charge in [0.25, 0.3) is 0 Å². The lowest BCUT2D eigenvalue weighted by Crippen LogP contribution is -2.54. The number of benzene rings is 1. The molecule has 1 saturated heterocycles. The predicted octanol–water partition coefficient (Wildman–Crippen LogP) is 5.22. The summed E-state index contributed by atoms with van der Waals surface area (Å²) in [4.78, 5) is 5.67. The Morgan fingerprint density at radius 3 is 2.69 bits per heavy atom. The molecule has 5 nitrogen and oxygen atoms in total. The molecule has 172 valence electrons. The van der Waals surface area contributed by atoms with Crippen LogP contribution in [0.2, 0.25) is 5.02 Å². The zero-order valence-electron chi connectivity index (χ0n) is 17.9. The van der Waals surface area contributed by atoms with E-state index in [0.29, 0.717) is 17.9 Å². The number of nitrogens with zero attached hydrogens (tertiary/aromatic N) is 1. The van der Waals surface area contributed by atoms with E-state index in [0.717, 1.165) is 40.3 Å². The van der Waals surface area contributed by atoms with Crippen LogP contribution in [0.1, 0.15) is 54.8 Å². The van der Waals surface area contributed by atoms with Gasteiger partial charge < -0.3 is 20.1 Å². The topological polar surface area (TPSA) is 82.8 Å². The van der Waals surface area contributed by atoms with Crippen molar-refractivity contribution < 1.29 is 20.1 Å². The molecule has 4 rings (SSSR count). The molecule has 0 bridgehead atoms. The van der Waals surface area contributed by atoms with Crippen molar-refractivity contribution in [3.63, 3.8) is 0 Å². The molecule has 3 aromatic rings. The summed E-state index contributed by atoms with van der Waals surface area (Å²) in [5.74, 6) is 0. The van der Waals surface area contributed by atoms with Gasteiger partial charge in [0, 0.05) is 23.2 Å². The Balaban J connectivity index is 1.53. The highest BCUT2D eigenvalue weighted by Gasteiger charge is 2.43. The van der Waals surface area contributed by atoms with E-state index < -0.39 is 30.5 Å². The van der Waals surface area contributed by atoms with Gasteiger partial charge in [-0.05, 0) is 40.4 Å². The molecule has 32 heavy (non-hydrogen) atoms. The summed E-state index contributed by atoms with van der Waals surface area (Å²) in [5.41, 5.74) is 2.78. The molecule has 0 radical (unpaired) electrons. The third kappa shape index (κ3) is 5.25. The van der Waals surface area contributed by atoms with E-state index in [1.54, 1.807) is 28.7 Å². The minimum absolute atomic E-state index is 0.517. The van der Waals surface area contributed by atoms with Gasteiger partial charge in [0.05, 0.1) is 16.0 Å². The number of aliphatic hydroxyl groups is 3. The van der Waals surface area contributed by atoms with Crippen LogP contribution in [-0.2, 0) is 11.2 Å². The molecule has 1 fully saturated rings. The molecule has 3 N–H and O–H groups in total. The zero-order valence-corrected chi connectivity index (χ0v) is 20.2. The average Bonchev–Trinajstić information content (AvgIpc) is 3.48. The fraction of sp³-hybridized carbons (Fsp3) is 0.458. The Bertz CT molecular complexity index is 1010. The van der Waals surface area contributed by atoms with Crippen LogP contribution < -0.4 is 0 Å². The number of unbranched alkanes of at least 4 members (excludes halogenated alkanes) is 2. The number of aromatic nitrogens is 1. The van der Waals surface area contributed by atoms with Crippen molar-refractivity contribution in [2.75, 3.05) is 0 Å². The van der Waals surface area contributed by atoms with Gasteiger partial charge in [-0.1, -0.05) is 49.9 Å². The van der Waals surface area contributed by atoms with Crippen molar-refractivity contribution in [2.24, 2.45) is 0 Å². The number of ether oxygens (including phenoxy) is 1. The van der Waals surface area contributed by atoms with Gasteiger partial charge in [-0.15, -0.1) is 11.3 Å². The predicted molar refractivity (Wildman–Crippen MR) is 129 cm³/mol. The summed E-state index contributed by atoms with van der Waals surface area (Å²) < 4.78 is 6.10. The molecule has 1 aliphatic rings. The second-order valence-electron chi connectivity index (χ2n) is 8.22. The molecular formula is C24H28ClNO4S2. The normalized spacial score (nSPS) is 25.8. The van der Waals surface area contributed by atoms with Crippen molar-refractivity contribution in [3.8, 4) is 10.4 Å². The highest BCUT2D eigenvalue weighted by Crippen LogP contribution is 2.36. The van der Waals surface area contributed by atoms with E-state index in [2.05, 4.69) is 23.4 Å². The number of rotatable bonds is 8. The third-order valence-electron chi connectivity index (χ3n) is 5.90. The molecule has 8 heteroatoms. The summed E-state index contributed by atoms with van der Waals surface area (Å²) in [6, 6.07) is 7.59. The Labute approximate surface area is 201 Å². The molecule has 0 saturated carbocycles. The highest BCUT2D eigenvalue weighted by atomic mass is 35.5. The van der Waals surface area contributed by atoms with Crippen molar-refractivity contribution in [1.29, 1.82) is 0 Å². The fourth-order valence-corrected chi connectivity index (χ4v) is 5.91. The van der Waals surface area contributed by atoms with Gasteiger partial charge in [0.15, 0.2) is 0 Å². The van der Waals surface area contributed by atoms with Crippen LogP contribution in [0.3, 0.4) is 0 Å². The van der Waals surface area contributed by atoms with Crippen LogP contribution in [0.5, 0.6) is 0 Å². The Morgan fingerprint density at radius 2 is 1.94 bits per heavy atom. The Hall–Kier alpha value is -1.32. The maximum Gasteiger partial charge on any atom is 0.113 e. The highest BCUT2D eigenvalue weighted by molar-refractivity contribution is 7.15. The number of thiophene rings is 1. The molecular weight excluding hydrogens is 466 g/mol. The van der Waals surface area contributed by atoms with Crippen LogP contribution in [0.15, 0.2) is 41.2 Å². The number of hydrogen-bond acceptors (Lipinski definition) is 7. The first-order valence-corrected chi connectivity index (χ1v) is 13.1. The van der Waals surface area contributed by atoms with Crippen molar-refractivity contribution in [1.82, 2.24) is 4.98 Å². The number of thiazole rings is 1. The lowest BCUT2D eigenvalue weighted by molar-refractivity contribution is -0.226. The van der Waals surface area contributed by atoms with E-state index in [1.165, 1.54) is 5.56 Å². The number of halogens is 1. The lowest BCUT2D eigenvalue weighted by Gasteiger charge is -2.41. The van der Waals surface area contributed by atoms with E-state index in [9.17, 15) is 15.3 Å². The summed E-state index contributed by atoms with van der Waals surface area (Å²) in [7, 11) is 0. The third-order valence-corrected chi connectivity index (χ3v) is 8.00. The van der Waals surface area contributed by atoms with Gasteiger partial charge in [-0.2, -0.15) is 11.3 Å². The quantitative estimate of drug-likeness (QED) is 0.375. The minimum atomic E-state index is -1.26. The largest absolute Gasteiger partial charge is 0.388 e. The molecule has 0 aliphatic carbocycles. The second kappa shape index (κ2) is 10.7. The first-order chi connectivity index (χ1) is 15.5. The SMILES string of the molecule is CCCCC[C@H]1O[C@@H](c2ccc(Cl)c(Cc3ncc(-c4ccsc4)s3)c2)[C@H](O)[C@H](O)[C@@H]1O. The lowest BCUT2D eigenvalue weighted by atomic mass is 9.88. The molecule has 0 spiro atoms. The molecule has 1 aromatic carbocycles. The summed E-state index contributed by atoms with van der Waals surface area (Å²) in [6.45, 7) is 2.11. The van der Waals surface area contributed by atoms with Crippen LogP contribution >= 0.6 is 34.3 Å². The van der Waals surface area contributed by atoms with Crippen LogP contribution in [-0.4, -0.2) is 44.7 Å². The molecule has 2 aromatic heterocycles. The monoisotopic (exact) mass is 493 g/mol. The molecule has 1 aliphatic heterocycles. The molecule has 3 heterocycles. The van der Waals surface area contributed by atoms with Crippen molar-refractivity contribution in [3.05, 3.63) is 62.4 Å². The van der Waals surface area contributed by atoms with Gasteiger partial charge in [-0.3, -0.25) is 0 Å². The van der Waals surface area contributed by atoms with Crippen molar-refractivity contribution in [2.45, 2.75) is 69.5 Å². The Kier molecular flexibility index (Phi) is 8.00. The average molecular weight is 494 g/mol. The summed E-state index contributed by atoms with van der Waals surface area (Å²) in [6.07, 6.45) is 1.25. The second-order valence-corrected chi connectivity index (χ2v) is 10.5. The van der Waals surface area contributed by atoms with Gasteiger partial charge in [0.2, 0.25) is 0 Å². The maximum absolute atomic E-state index is 10.6. The number of aliphatic hydroxyl groups excluding tert-OH is 3. The van der Waals surface area contributed by atoms with Crippen LogP contribution in [0.25, 0.3) is 10.4 Å². The van der Waals surface area contributed by atoms with Gasteiger partial charge in [0.1, 0.15) is 24.4 Å². The Morgan fingerprint density at radius 1 is 1.09 bits per heavy atom. The molecule has 0 amide bonds. The van der Waals surface area contributed by atoms with Crippen LogP contribution in [0, 0.1) is 0 Å². The van der Waals surface area contributed by atoms with Crippen LogP contribution in [0.4, 0.5) is 0 Å². The van der Waals surface area contributed by atoms with E-state index in [4.69, 9.17) is 16.3 Å². The molecule has 0 unspecified atom stereocenters. The zero-order chi connectivity index (χ0) is 22.7. The van der Waals surface area contributed by atoms with E-state index >= 15 is 0 Å². The van der Waals surface area contributed by atoms with E-state index in [-0.39, 0.29) is 0 Å². The first-order valence-electron chi connectivity index (χ1n) is 10.9. The van der Waals surface area contributed by atoms with E-state index in [1.807, 2.05) is 23.7 Å². The smallest absolute Gasteiger partial charge is 0.113 e. The molecule has 5 atom stereocenters. The maximum atomic E-state index is 10.6. The number of hydrogen-bond donors (Lipinski definition) is 3. The van der Waals surface area contributed by atoms with Crippen molar-refractivity contribution >= 4 is 34.3 Å².